The summed E-state index contributed by atoms with van der Waals surface area (Å²) in [5.74, 6) is 1.13. The van der Waals surface area contributed by atoms with Crippen LogP contribution in [0.2, 0.25) is 0 Å². The predicted molar refractivity (Wildman–Crippen MR) is 98.4 cm³/mol. The molecule has 0 atom stereocenters. The van der Waals surface area contributed by atoms with Crippen LogP contribution in [0.1, 0.15) is 11.3 Å². The maximum Gasteiger partial charge on any atom is 0.273 e. The summed E-state index contributed by atoms with van der Waals surface area (Å²) in [7, 11) is -3.74. The number of nitrogens with two attached hydrogens (primary N) is 2. The maximum atomic E-state index is 11.9. The molecule has 9 heteroatoms. The minimum Gasteiger partial charge on any atom is -0.455 e. The highest BCUT2D eigenvalue weighted by atomic mass is 32.2. The van der Waals surface area contributed by atoms with Crippen molar-refractivity contribution in [2.75, 3.05) is 5.73 Å². The Kier molecular flexibility index (Phi) is 4.49. The van der Waals surface area contributed by atoms with Gasteiger partial charge in [0.2, 0.25) is 10.0 Å². The quantitative estimate of drug-likeness (QED) is 0.670. The highest BCUT2D eigenvalue weighted by Gasteiger charge is 2.09. The van der Waals surface area contributed by atoms with Crippen molar-refractivity contribution in [3.05, 3.63) is 70.2 Å². The lowest BCUT2D eigenvalue weighted by Gasteiger charge is -2.03. The summed E-state index contributed by atoms with van der Waals surface area (Å²) in [6, 6.07) is 12.4. The predicted octanol–water partition coefficient (Wildman–Crippen LogP) is 1.53. The van der Waals surface area contributed by atoms with E-state index in [1.54, 1.807) is 37.3 Å². The molecule has 0 aliphatic rings. The zero-order valence-electron chi connectivity index (χ0n) is 13.8. The number of hydrogen-bond acceptors (Lipinski definition) is 6. The molecular weight excluding hydrogens is 356 g/mol. The van der Waals surface area contributed by atoms with Gasteiger partial charge in [0, 0.05) is 11.6 Å². The second-order valence-electron chi connectivity index (χ2n) is 5.62. The molecule has 0 aliphatic carbocycles. The van der Waals surface area contributed by atoms with Gasteiger partial charge in [-0.1, -0.05) is 0 Å². The van der Waals surface area contributed by atoms with Gasteiger partial charge in [-0.05, 0) is 55.0 Å². The van der Waals surface area contributed by atoms with Crippen LogP contribution >= 0.6 is 0 Å². The first-order valence-corrected chi connectivity index (χ1v) is 9.05. The highest BCUT2D eigenvalue weighted by Crippen LogP contribution is 2.23. The first-order chi connectivity index (χ1) is 12.2. The topological polar surface area (TPSA) is 134 Å². The third-order valence-electron chi connectivity index (χ3n) is 3.57. The van der Waals surface area contributed by atoms with Crippen LogP contribution in [-0.2, 0) is 10.0 Å². The van der Waals surface area contributed by atoms with Crippen molar-refractivity contribution in [1.29, 1.82) is 0 Å². The molecule has 0 saturated carbocycles. The number of anilines is 1. The minimum absolute atomic E-state index is 0.0174. The molecule has 3 aromatic rings. The van der Waals surface area contributed by atoms with E-state index in [0.29, 0.717) is 17.1 Å². The summed E-state index contributed by atoms with van der Waals surface area (Å²) in [4.78, 5) is 11.9. The lowest BCUT2D eigenvalue weighted by atomic mass is 10.2. The van der Waals surface area contributed by atoms with E-state index in [4.69, 9.17) is 15.3 Å². The average molecular weight is 372 g/mol. The molecule has 0 aliphatic heterocycles. The molecule has 2 heterocycles. The molecule has 3 rings (SSSR count). The summed E-state index contributed by atoms with van der Waals surface area (Å²) in [6.45, 7) is 1.77. The fraction of sp³-hybridized carbons (Fsp3) is 0.0588. The van der Waals surface area contributed by atoms with Gasteiger partial charge < -0.3 is 10.2 Å². The first-order valence-electron chi connectivity index (χ1n) is 7.51. The summed E-state index contributed by atoms with van der Waals surface area (Å²) in [5, 5.41) is 9.11. The molecule has 1 aromatic carbocycles. The van der Waals surface area contributed by atoms with Crippen LogP contribution in [0.15, 0.2) is 67.7 Å². The van der Waals surface area contributed by atoms with E-state index in [2.05, 4.69) is 5.10 Å². The largest absolute Gasteiger partial charge is 0.455 e. The third-order valence-corrected chi connectivity index (χ3v) is 4.50. The lowest BCUT2D eigenvalue weighted by molar-refractivity contribution is 0.574. The Hall–Kier alpha value is -3.17. The molecule has 2 aromatic heterocycles. The second kappa shape index (κ2) is 6.62. The number of sulfonamides is 1. The molecule has 26 heavy (non-hydrogen) atoms. The SMILES string of the molecule is Cc1cc(N)n(/N=C\c2ccc(-c3ccc(S(N)(=O)=O)cc3)o2)c(=O)c1. The standard InChI is InChI=1S/C17H16N4O4S/c1-11-8-16(18)21(17(22)9-11)20-10-13-4-7-15(25-13)12-2-5-14(6-3-12)26(19,23)24/h2-10H,18H2,1H3,(H2,19,23,24)/b20-10-. The van der Waals surface area contributed by atoms with Gasteiger partial charge in [0.1, 0.15) is 17.3 Å². The molecule has 0 fully saturated rings. The highest BCUT2D eigenvalue weighted by molar-refractivity contribution is 7.89. The molecule has 0 amide bonds. The van der Waals surface area contributed by atoms with Gasteiger partial charge in [-0.3, -0.25) is 4.79 Å². The van der Waals surface area contributed by atoms with Gasteiger partial charge in [-0.25, -0.2) is 13.6 Å². The molecule has 8 nitrogen and oxygen atoms in total. The van der Waals surface area contributed by atoms with E-state index in [9.17, 15) is 13.2 Å². The number of hydrogen-bond donors (Lipinski definition) is 2. The van der Waals surface area contributed by atoms with Crippen LogP contribution in [0.3, 0.4) is 0 Å². The Balaban J connectivity index is 1.86. The van der Waals surface area contributed by atoms with Gasteiger partial charge in [0.15, 0.2) is 0 Å². The zero-order valence-corrected chi connectivity index (χ0v) is 14.6. The Morgan fingerprint density at radius 3 is 2.42 bits per heavy atom. The van der Waals surface area contributed by atoms with E-state index in [1.165, 1.54) is 24.4 Å². The van der Waals surface area contributed by atoms with E-state index < -0.39 is 10.0 Å². The van der Waals surface area contributed by atoms with Crippen LogP contribution < -0.4 is 16.4 Å². The molecule has 0 spiro atoms. The van der Waals surface area contributed by atoms with Gasteiger partial charge in [0.25, 0.3) is 5.56 Å². The number of rotatable bonds is 4. The number of aryl methyl sites for hydroxylation is 1. The second-order valence-corrected chi connectivity index (χ2v) is 7.18. The number of aromatic nitrogens is 1. The van der Waals surface area contributed by atoms with Crippen molar-refractivity contribution in [3.63, 3.8) is 0 Å². The fourth-order valence-corrected chi connectivity index (χ4v) is 2.86. The number of pyridine rings is 1. The summed E-state index contributed by atoms with van der Waals surface area (Å²) < 4.78 is 29.3. The molecule has 4 N–H and O–H groups in total. The van der Waals surface area contributed by atoms with Crippen molar-refractivity contribution in [2.24, 2.45) is 10.2 Å². The van der Waals surface area contributed by atoms with Crippen LogP contribution in [-0.4, -0.2) is 19.3 Å². The first kappa shape index (κ1) is 17.6. The monoisotopic (exact) mass is 372 g/mol. The average Bonchev–Trinajstić information content (AvgIpc) is 3.02. The lowest BCUT2D eigenvalue weighted by Crippen LogP contribution is -2.19. The number of benzene rings is 1. The van der Waals surface area contributed by atoms with Crippen molar-refractivity contribution >= 4 is 22.1 Å². The Morgan fingerprint density at radius 2 is 1.81 bits per heavy atom. The van der Waals surface area contributed by atoms with E-state index in [-0.39, 0.29) is 16.3 Å². The van der Waals surface area contributed by atoms with Gasteiger partial charge in [-0.15, -0.1) is 0 Å². The Labute approximate surface area is 149 Å². The van der Waals surface area contributed by atoms with Crippen LogP contribution in [0.4, 0.5) is 5.82 Å². The number of nitrogen functional groups attached to an aromatic ring is 1. The van der Waals surface area contributed by atoms with E-state index >= 15 is 0 Å². The van der Waals surface area contributed by atoms with Crippen LogP contribution in [0.25, 0.3) is 11.3 Å². The Morgan fingerprint density at radius 1 is 1.12 bits per heavy atom. The van der Waals surface area contributed by atoms with Gasteiger partial charge in [0.05, 0.1) is 11.1 Å². The Bertz CT molecular complexity index is 1140. The van der Waals surface area contributed by atoms with Crippen molar-refractivity contribution in [2.45, 2.75) is 11.8 Å². The smallest absolute Gasteiger partial charge is 0.273 e. The molecular formula is C17H16N4O4S. The number of furan rings is 1. The molecule has 134 valence electrons. The van der Waals surface area contributed by atoms with Crippen LogP contribution in [0, 0.1) is 6.92 Å². The maximum absolute atomic E-state index is 11.9. The van der Waals surface area contributed by atoms with Crippen molar-refractivity contribution < 1.29 is 12.8 Å². The van der Waals surface area contributed by atoms with Gasteiger partial charge in [-0.2, -0.15) is 9.78 Å². The molecule has 0 unspecified atom stereocenters. The molecule has 0 bridgehead atoms. The number of primary sulfonamides is 1. The van der Waals surface area contributed by atoms with Crippen LogP contribution in [0.5, 0.6) is 0 Å². The normalized spacial score (nSPS) is 11.9. The molecule has 0 radical (unpaired) electrons. The minimum atomic E-state index is -3.74. The summed E-state index contributed by atoms with van der Waals surface area (Å²) >= 11 is 0. The van der Waals surface area contributed by atoms with Crippen molar-refractivity contribution in [3.8, 4) is 11.3 Å². The fourth-order valence-electron chi connectivity index (χ4n) is 2.34. The van der Waals surface area contributed by atoms with Gasteiger partial charge >= 0.3 is 0 Å². The van der Waals surface area contributed by atoms with Crippen molar-refractivity contribution in [1.82, 2.24) is 4.68 Å². The van der Waals surface area contributed by atoms with E-state index in [0.717, 1.165) is 10.2 Å². The summed E-state index contributed by atoms with van der Waals surface area (Å²) in [5.41, 5.74) is 6.87. The van der Waals surface area contributed by atoms with E-state index in [1.807, 2.05) is 0 Å². The number of nitrogens with zero attached hydrogens (tertiary/aromatic N) is 2. The molecule has 0 saturated heterocycles. The zero-order chi connectivity index (χ0) is 18.9. The third kappa shape index (κ3) is 3.73. The summed E-state index contributed by atoms with van der Waals surface area (Å²) in [6.07, 6.45) is 1.37.